The number of anilines is 1. The molecule has 0 radical (unpaired) electrons. The highest BCUT2D eigenvalue weighted by Gasteiger charge is 2.18. The predicted molar refractivity (Wildman–Crippen MR) is 89.2 cm³/mol. The van der Waals surface area contributed by atoms with Gasteiger partial charge in [-0.05, 0) is 24.6 Å². The second-order valence-electron chi connectivity index (χ2n) is 5.55. The molecule has 5 heteroatoms. The molecule has 1 aromatic carbocycles. The van der Waals surface area contributed by atoms with Crippen molar-refractivity contribution < 1.29 is 0 Å². The topological polar surface area (TPSA) is 45.4 Å². The minimum atomic E-state index is 0.721. The van der Waals surface area contributed by atoms with Gasteiger partial charge in [-0.1, -0.05) is 23.7 Å². The molecule has 0 aliphatic carbocycles. The highest BCUT2D eigenvalue weighted by Crippen LogP contribution is 2.28. The summed E-state index contributed by atoms with van der Waals surface area (Å²) >= 11 is 6.30. The molecule has 4 nitrogen and oxygen atoms in total. The van der Waals surface area contributed by atoms with Crippen LogP contribution >= 0.6 is 11.6 Å². The van der Waals surface area contributed by atoms with Crippen LogP contribution in [0.2, 0.25) is 5.02 Å². The molecular weight excluding hydrogens is 284 g/mol. The van der Waals surface area contributed by atoms with Crippen molar-refractivity contribution in [1.29, 1.82) is 0 Å². The molecule has 1 aliphatic rings. The van der Waals surface area contributed by atoms with Gasteiger partial charge in [0.05, 0.1) is 10.5 Å². The van der Waals surface area contributed by atoms with Gasteiger partial charge < -0.3 is 10.6 Å². The highest BCUT2D eigenvalue weighted by atomic mass is 35.5. The zero-order valence-electron chi connectivity index (χ0n) is 12.3. The number of rotatable bonds is 3. The number of aromatic nitrogens is 1. The van der Waals surface area contributed by atoms with Crippen LogP contribution in [0.4, 0.5) is 5.82 Å². The molecule has 2 heterocycles. The molecular formula is C16H21ClN4. The number of hydrogen-bond acceptors (Lipinski definition) is 4. The molecule has 1 saturated heterocycles. The van der Waals surface area contributed by atoms with Crippen molar-refractivity contribution in [3.8, 4) is 0 Å². The third kappa shape index (κ3) is 2.98. The third-order valence-corrected chi connectivity index (χ3v) is 4.43. The van der Waals surface area contributed by atoms with Crippen LogP contribution in [-0.2, 0) is 0 Å². The molecule has 0 amide bonds. The number of para-hydroxylation sites is 1. The number of pyridine rings is 1. The molecule has 0 bridgehead atoms. The summed E-state index contributed by atoms with van der Waals surface area (Å²) in [5, 5.41) is 1.85. The van der Waals surface area contributed by atoms with E-state index in [2.05, 4.69) is 28.9 Å². The van der Waals surface area contributed by atoms with Crippen LogP contribution in [0.25, 0.3) is 10.9 Å². The Morgan fingerprint density at radius 1 is 1.24 bits per heavy atom. The number of benzene rings is 1. The molecule has 21 heavy (non-hydrogen) atoms. The lowest BCUT2D eigenvalue weighted by Gasteiger charge is -2.35. The van der Waals surface area contributed by atoms with E-state index in [9.17, 15) is 0 Å². The Morgan fingerprint density at radius 3 is 2.71 bits per heavy atom. The Labute approximate surface area is 130 Å². The van der Waals surface area contributed by atoms with Gasteiger partial charge in [-0.2, -0.15) is 0 Å². The van der Waals surface area contributed by atoms with E-state index in [1.54, 1.807) is 0 Å². The quantitative estimate of drug-likeness (QED) is 0.945. The number of nitrogens with two attached hydrogens (primary N) is 1. The van der Waals surface area contributed by atoms with E-state index in [0.717, 1.165) is 61.0 Å². The molecule has 3 rings (SSSR count). The molecule has 2 aromatic rings. The number of piperazine rings is 1. The summed E-state index contributed by atoms with van der Waals surface area (Å²) in [6.07, 6.45) is 0. The average molecular weight is 305 g/mol. The maximum atomic E-state index is 6.30. The molecule has 112 valence electrons. The maximum Gasteiger partial charge on any atom is 0.129 e. The molecule has 0 unspecified atom stereocenters. The molecule has 1 aromatic heterocycles. The summed E-state index contributed by atoms with van der Waals surface area (Å²) in [6.45, 7) is 7.88. The van der Waals surface area contributed by atoms with E-state index < -0.39 is 0 Å². The van der Waals surface area contributed by atoms with Crippen molar-refractivity contribution in [2.75, 3.05) is 44.2 Å². The normalized spacial score (nSPS) is 16.6. The number of aryl methyl sites for hydroxylation is 1. The van der Waals surface area contributed by atoms with Crippen molar-refractivity contribution >= 4 is 28.3 Å². The Kier molecular flexibility index (Phi) is 4.29. The Balaban J connectivity index is 1.87. The fraction of sp³-hybridized carbons (Fsp3) is 0.438. The smallest absolute Gasteiger partial charge is 0.129 e. The molecule has 0 spiro atoms. The van der Waals surface area contributed by atoms with E-state index in [-0.39, 0.29) is 0 Å². The molecule has 2 N–H and O–H groups in total. The van der Waals surface area contributed by atoms with Crippen LogP contribution in [0, 0.1) is 6.92 Å². The number of hydrogen-bond donors (Lipinski definition) is 1. The van der Waals surface area contributed by atoms with Gasteiger partial charge in [-0.15, -0.1) is 0 Å². The summed E-state index contributed by atoms with van der Waals surface area (Å²) < 4.78 is 0. The predicted octanol–water partition coefficient (Wildman–Crippen LogP) is 2.28. The summed E-state index contributed by atoms with van der Waals surface area (Å²) in [6, 6.07) is 8.12. The molecule has 1 fully saturated rings. The minimum absolute atomic E-state index is 0.721. The number of fused-ring (bicyclic) bond motifs is 1. The van der Waals surface area contributed by atoms with Gasteiger partial charge in [0.2, 0.25) is 0 Å². The van der Waals surface area contributed by atoms with Crippen molar-refractivity contribution in [1.82, 2.24) is 9.88 Å². The van der Waals surface area contributed by atoms with Crippen LogP contribution in [-0.4, -0.2) is 49.2 Å². The van der Waals surface area contributed by atoms with Gasteiger partial charge in [0.25, 0.3) is 0 Å². The number of nitrogens with zero attached hydrogens (tertiary/aromatic N) is 3. The zero-order valence-corrected chi connectivity index (χ0v) is 13.1. The summed E-state index contributed by atoms with van der Waals surface area (Å²) in [4.78, 5) is 9.52. The van der Waals surface area contributed by atoms with Crippen LogP contribution < -0.4 is 10.6 Å². The lowest BCUT2D eigenvalue weighted by Crippen LogP contribution is -2.48. The van der Waals surface area contributed by atoms with Gasteiger partial charge in [0.1, 0.15) is 5.82 Å². The fourth-order valence-corrected chi connectivity index (χ4v) is 3.13. The molecule has 0 atom stereocenters. The molecule has 0 saturated carbocycles. The summed E-state index contributed by atoms with van der Waals surface area (Å²) in [7, 11) is 0. The van der Waals surface area contributed by atoms with Crippen LogP contribution in [0.15, 0.2) is 24.3 Å². The van der Waals surface area contributed by atoms with E-state index in [1.165, 1.54) is 5.56 Å². The third-order valence-electron chi connectivity index (χ3n) is 4.13. The zero-order chi connectivity index (χ0) is 14.8. The van der Waals surface area contributed by atoms with Gasteiger partial charge >= 0.3 is 0 Å². The van der Waals surface area contributed by atoms with Gasteiger partial charge in [-0.3, -0.25) is 4.90 Å². The van der Waals surface area contributed by atoms with Crippen molar-refractivity contribution in [2.45, 2.75) is 6.92 Å². The second kappa shape index (κ2) is 6.18. The summed E-state index contributed by atoms with van der Waals surface area (Å²) in [5.74, 6) is 1.03. The SMILES string of the molecule is Cc1cc(N2CCN(CCN)CC2)nc2c(Cl)cccc12. The lowest BCUT2D eigenvalue weighted by molar-refractivity contribution is 0.264. The fourth-order valence-electron chi connectivity index (χ4n) is 2.91. The molecule has 1 aliphatic heterocycles. The van der Waals surface area contributed by atoms with Crippen molar-refractivity contribution in [3.05, 3.63) is 34.9 Å². The van der Waals surface area contributed by atoms with Gasteiger partial charge in [0, 0.05) is 44.7 Å². The van der Waals surface area contributed by atoms with Gasteiger partial charge in [0.15, 0.2) is 0 Å². The van der Waals surface area contributed by atoms with E-state index in [4.69, 9.17) is 22.3 Å². The van der Waals surface area contributed by atoms with E-state index in [0.29, 0.717) is 0 Å². The highest BCUT2D eigenvalue weighted by molar-refractivity contribution is 6.35. The Hall–Kier alpha value is -1.36. The van der Waals surface area contributed by atoms with Crippen LogP contribution in [0.3, 0.4) is 0 Å². The van der Waals surface area contributed by atoms with Gasteiger partial charge in [-0.25, -0.2) is 4.98 Å². The van der Waals surface area contributed by atoms with Crippen LogP contribution in [0.5, 0.6) is 0 Å². The van der Waals surface area contributed by atoms with E-state index in [1.807, 2.05) is 12.1 Å². The first-order valence-corrected chi connectivity index (χ1v) is 7.80. The monoisotopic (exact) mass is 304 g/mol. The summed E-state index contributed by atoms with van der Waals surface area (Å²) in [5.41, 5.74) is 7.75. The minimum Gasteiger partial charge on any atom is -0.354 e. The first kappa shape index (κ1) is 14.6. The van der Waals surface area contributed by atoms with E-state index >= 15 is 0 Å². The first-order valence-electron chi connectivity index (χ1n) is 7.42. The van der Waals surface area contributed by atoms with Crippen molar-refractivity contribution in [3.63, 3.8) is 0 Å². The van der Waals surface area contributed by atoms with Crippen molar-refractivity contribution in [2.24, 2.45) is 5.73 Å². The first-order chi connectivity index (χ1) is 10.2. The lowest BCUT2D eigenvalue weighted by atomic mass is 10.1. The average Bonchev–Trinajstić information content (AvgIpc) is 2.49. The number of halogens is 1. The Bertz CT molecular complexity index is 635. The Morgan fingerprint density at radius 2 is 2.00 bits per heavy atom. The largest absolute Gasteiger partial charge is 0.354 e. The van der Waals surface area contributed by atoms with Crippen LogP contribution in [0.1, 0.15) is 5.56 Å². The standard InChI is InChI=1S/C16H21ClN4/c1-12-11-15(19-16-13(12)3-2-4-14(16)17)21-9-7-20(6-5-18)8-10-21/h2-4,11H,5-10,18H2,1H3. The second-order valence-corrected chi connectivity index (χ2v) is 5.96. The maximum absolute atomic E-state index is 6.30.